The van der Waals surface area contributed by atoms with Gasteiger partial charge in [0, 0.05) is 30.1 Å². The zero-order chi connectivity index (χ0) is 19.7. The van der Waals surface area contributed by atoms with Crippen LogP contribution >= 0.6 is 11.6 Å². The van der Waals surface area contributed by atoms with Crippen molar-refractivity contribution >= 4 is 23.2 Å². The average molecular weight is 402 g/mol. The second kappa shape index (κ2) is 7.59. The molecule has 0 aliphatic carbocycles. The first-order valence-electron chi connectivity index (χ1n) is 8.75. The van der Waals surface area contributed by atoms with Gasteiger partial charge in [0.1, 0.15) is 11.6 Å². The van der Waals surface area contributed by atoms with Crippen LogP contribution in [0.1, 0.15) is 29.6 Å². The number of hydrogen-bond donors (Lipinski definition) is 0. The van der Waals surface area contributed by atoms with E-state index in [1.165, 1.54) is 18.2 Å². The summed E-state index contributed by atoms with van der Waals surface area (Å²) in [7, 11) is 1.61. The van der Waals surface area contributed by atoms with Crippen molar-refractivity contribution in [3.63, 3.8) is 0 Å². The Kier molecular flexibility index (Phi) is 5.00. The van der Waals surface area contributed by atoms with E-state index >= 15 is 0 Å². The van der Waals surface area contributed by atoms with Crippen LogP contribution in [-0.4, -0.2) is 29.7 Å². The predicted octanol–water partition coefficient (Wildman–Crippen LogP) is 3.98. The van der Waals surface area contributed by atoms with Gasteiger partial charge in [0.15, 0.2) is 5.82 Å². The molecule has 2 aromatic carbocycles. The SMILES string of the molecule is COc1ccccc1Cc1nc(C2CC(=O)N(c3ccc(F)c(Cl)c3)C2)no1. The van der Waals surface area contributed by atoms with E-state index in [4.69, 9.17) is 20.9 Å². The molecule has 1 unspecified atom stereocenters. The molecule has 1 saturated heterocycles. The minimum absolute atomic E-state index is 0.0209. The molecule has 3 aromatic rings. The van der Waals surface area contributed by atoms with E-state index in [0.29, 0.717) is 30.4 Å². The van der Waals surface area contributed by atoms with E-state index in [-0.39, 0.29) is 23.3 Å². The van der Waals surface area contributed by atoms with Gasteiger partial charge in [-0.25, -0.2) is 4.39 Å². The van der Waals surface area contributed by atoms with Crippen LogP contribution in [0.15, 0.2) is 47.0 Å². The lowest BCUT2D eigenvalue weighted by Crippen LogP contribution is -2.24. The number of nitrogens with zero attached hydrogens (tertiary/aromatic N) is 3. The van der Waals surface area contributed by atoms with Gasteiger partial charge in [-0.3, -0.25) is 4.79 Å². The highest BCUT2D eigenvalue weighted by molar-refractivity contribution is 6.31. The quantitative estimate of drug-likeness (QED) is 0.646. The summed E-state index contributed by atoms with van der Waals surface area (Å²) in [5, 5.41) is 4.03. The molecular weight excluding hydrogens is 385 g/mol. The Morgan fingerprint density at radius 2 is 2.14 bits per heavy atom. The van der Waals surface area contributed by atoms with Crippen molar-refractivity contribution < 1.29 is 18.4 Å². The van der Waals surface area contributed by atoms with Gasteiger partial charge in [-0.2, -0.15) is 4.98 Å². The van der Waals surface area contributed by atoms with Crippen LogP contribution in [0.3, 0.4) is 0 Å². The van der Waals surface area contributed by atoms with Crippen molar-refractivity contribution in [3.8, 4) is 5.75 Å². The molecule has 1 aromatic heterocycles. The third-order valence-electron chi connectivity index (χ3n) is 4.72. The summed E-state index contributed by atoms with van der Waals surface area (Å²) < 4.78 is 24.1. The smallest absolute Gasteiger partial charge is 0.231 e. The van der Waals surface area contributed by atoms with E-state index in [1.807, 2.05) is 24.3 Å². The number of benzene rings is 2. The first-order valence-corrected chi connectivity index (χ1v) is 9.12. The van der Waals surface area contributed by atoms with Crippen molar-refractivity contribution in [1.29, 1.82) is 0 Å². The van der Waals surface area contributed by atoms with Crippen molar-refractivity contribution in [2.24, 2.45) is 0 Å². The van der Waals surface area contributed by atoms with Crippen LogP contribution in [0.5, 0.6) is 5.75 Å². The first kappa shape index (κ1) is 18.4. The van der Waals surface area contributed by atoms with Crippen LogP contribution in [0.2, 0.25) is 5.02 Å². The molecule has 1 amide bonds. The summed E-state index contributed by atoms with van der Waals surface area (Å²) in [4.78, 5) is 18.4. The lowest BCUT2D eigenvalue weighted by molar-refractivity contribution is -0.117. The Hall–Kier alpha value is -2.93. The fourth-order valence-corrected chi connectivity index (χ4v) is 3.48. The van der Waals surface area contributed by atoms with Crippen molar-refractivity contribution in [2.45, 2.75) is 18.8 Å². The number of amides is 1. The molecule has 6 nitrogen and oxygen atoms in total. The number of rotatable bonds is 5. The topological polar surface area (TPSA) is 68.5 Å². The number of ether oxygens (including phenoxy) is 1. The lowest BCUT2D eigenvalue weighted by atomic mass is 10.1. The van der Waals surface area contributed by atoms with Crippen LogP contribution in [0.4, 0.5) is 10.1 Å². The number of aromatic nitrogens is 2. The fraction of sp³-hybridized carbons (Fsp3) is 0.250. The fourth-order valence-electron chi connectivity index (χ4n) is 3.30. The number of para-hydroxylation sites is 1. The molecule has 0 bridgehead atoms. The van der Waals surface area contributed by atoms with Crippen molar-refractivity contribution in [3.05, 3.63) is 70.6 Å². The lowest BCUT2D eigenvalue weighted by Gasteiger charge is -2.16. The van der Waals surface area contributed by atoms with Gasteiger partial charge in [-0.1, -0.05) is 35.0 Å². The summed E-state index contributed by atoms with van der Waals surface area (Å²) in [5.74, 6) is 0.866. The Morgan fingerprint density at radius 1 is 1.32 bits per heavy atom. The molecule has 144 valence electrons. The minimum atomic E-state index is -0.521. The van der Waals surface area contributed by atoms with Gasteiger partial charge in [-0.15, -0.1) is 0 Å². The Labute approximate surface area is 165 Å². The second-order valence-corrected chi connectivity index (χ2v) is 6.95. The maximum absolute atomic E-state index is 13.4. The highest BCUT2D eigenvalue weighted by atomic mass is 35.5. The number of hydrogen-bond acceptors (Lipinski definition) is 5. The molecule has 28 heavy (non-hydrogen) atoms. The zero-order valence-electron chi connectivity index (χ0n) is 15.1. The Bertz CT molecular complexity index is 1020. The monoisotopic (exact) mass is 401 g/mol. The van der Waals surface area contributed by atoms with E-state index in [9.17, 15) is 9.18 Å². The van der Waals surface area contributed by atoms with E-state index in [1.54, 1.807) is 12.0 Å². The summed E-state index contributed by atoms with van der Waals surface area (Å²) in [6, 6.07) is 11.8. The second-order valence-electron chi connectivity index (χ2n) is 6.54. The number of carbonyl (C=O) groups excluding carboxylic acids is 1. The number of carbonyl (C=O) groups is 1. The third-order valence-corrected chi connectivity index (χ3v) is 5.01. The van der Waals surface area contributed by atoms with E-state index in [2.05, 4.69) is 10.1 Å². The molecular formula is C20H17ClFN3O3. The van der Waals surface area contributed by atoms with E-state index < -0.39 is 5.82 Å². The van der Waals surface area contributed by atoms with Crippen LogP contribution in [0.25, 0.3) is 0 Å². The predicted molar refractivity (Wildman–Crippen MR) is 101 cm³/mol. The summed E-state index contributed by atoms with van der Waals surface area (Å²) in [6.07, 6.45) is 0.692. The largest absolute Gasteiger partial charge is 0.496 e. The van der Waals surface area contributed by atoms with Gasteiger partial charge in [0.25, 0.3) is 0 Å². The Morgan fingerprint density at radius 3 is 2.93 bits per heavy atom. The maximum Gasteiger partial charge on any atom is 0.231 e. The van der Waals surface area contributed by atoms with Gasteiger partial charge < -0.3 is 14.2 Å². The van der Waals surface area contributed by atoms with Gasteiger partial charge in [0.2, 0.25) is 11.8 Å². The molecule has 0 spiro atoms. The van der Waals surface area contributed by atoms with Crippen LogP contribution in [0, 0.1) is 5.82 Å². The number of anilines is 1. The summed E-state index contributed by atoms with van der Waals surface area (Å²) in [6.45, 7) is 0.383. The summed E-state index contributed by atoms with van der Waals surface area (Å²) in [5.41, 5.74) is 1.49. The van der Waals surface area contributed by atoms with Gasteiger partial charge in [-0.05, 0) is 24.3 Å². The molecule has 0 N–H and O–H groups in total. The molecule has 0 saturated carbocycles. The van der Waals surface area contributed by atoms with Crippen molar-refractivity contribution in [1.82, 2.24) is 10.1 Å². The standard InChI is InChI=1S/C20H17ClFN3O3/c1-27-17-5-3-2-4-12(17)8-18-23-20(24-28-18)13-9-19(26)25(11-13)14-6-7-16(22)15(21)10-14/h2-7,10,13H,8-9,11H2,1H3. The molecule has 2 heterocycles. The summed E-state index contributed by atoms with van der Waals surface area (Å²) >= 11 is 5.84. The highest BCUT2D eigenvalue weighted by Crippen LogP contribution is 2.32. The molecule has 1 fully saturated rings. The van der Waals surface area contributed by atoms with Crippen LogP contribution < -0.4 is 9.64 Å². The molecule has 0 radical (unpaired) electrons. The highest BCUT2D eigenvalue weighted by Gasteiger charge is 2.34. The normalized spacial score (nSPS) is 16.6. The van der Waals surface area contributed by atoms with Crippen LogP contribution in [-0.2, 0) is 11.2 Å². The van der Waals surface area contributed by atoms with Gasteiger partial charge in [0.05, 0.1) is 18.6 Å². The minimum Gasteiger partial charge on any atom is -0.496 e. The van der Waals surface area contributed by atoms with Crippen molar-refractivity contribution in [2.75, 3.05) is 18.6 Å². The Balaban J connectivity index is 1.50. The number of methoxy groups -OCH3 is 1. The maximum atomic E-state index is 13.4. The molecule has 1 atom stereocenters. The van der Waals surface area contributed by atoms with E-state index in [0.717, 1.165) is 11.3 Å². The number of halogens is 2. The molecule has 1 aliphatic rings. The zero-order valence-corrected chi connectivity index (χ0v) is 15.8. The third kappa shape index (κ3) is 3.57. The average Bonchev–Trinajstić information content (AvgIpc) is 3.31. The molecule has 4 rings (SSSR count). The first-order chi connectivity index (χ1) is 13.5. The van der Waals surface area contributed by atoms with Gasteiger partial charge >= 0.3 is 0 Å². The molecule has 8 heteroatoms. The molecule has 1 aliphatic heterocycles.